The number of nitrogens with zero attached hydrogens (tertiary/aromatic N) is 2. The minimum atomic E-state index is -3.57. The van der Waals surface area contributed by atoms with Crippen LogP contribution in [0.2, 0.25) is 0 Å². The average molecular weight is 431 g/mol. The molecule has 8 heteroatoms. The number of aromatic nitrogens is 1. The highest BCUT2D eigenvalue weighted by Gasteiger charge is 2.41. The number of hydrogen-bond acceptors (Lipinski definition) is 4. The summed E-state index contributed by atoms with van der Waals surface area (Å²) in [5.74, 6) is -0.444. The first kappa shape index (κ1) is 18.7. The number of benzene rings is 1. The summed E-state index contributed by atoms with van der Waals surface area (Å²) in [6, 6.07) is 13.0. The lowest BCUT2D eigenvalue weighted by Crippen LogP contribution is -2.49. The van der Waals surface area contributed by atoms with Crippen LogP contribution < -0.4 is 5.56 Å². The Morgan fingerprint density at radius 1 is 0.966 bits per heavy atom. The Balaban J connectivity index is 1.62. The van der Waals surface area contributed by atoms with Gasteiger partial charge in [-0.05, 0) is 35.9 Å². The fourth-order valence-corrected chi connectivity index (χ4v) is 7.32. The Morgan fingerprint density at radius 3 is 2.55 bits per heavy atom. The molecule has 1 saturated heterocycles. The van der Waals surface area contributed by atoms with Crippen molar-refractivity contribution in [2.45, 2.75) is 23.1 Å². The number of rotatable bonds is 3. The van der Waals surface area contributed by atoms with E-state index in [-0.39, 0.29) is 23.2 Å². The van der Waals surface area contributed by atoms with Crippen LogP contribution >= 0.6 is 11.3 Å². The van der Waals surface area contributed by atoms with Gasteiger partial charge in [0.25, 0.3) is 15.6 Å². The third-order valence-corrected chi connectivity index (χ3v) is 9.01. The minimum absolute atomic E-state index is 0.0598. The van der Waals surface area contributed by atoms with Crippen LogP contribution in [0.4, 0.5) is 4.39 Å². The maximum absolute atomic E-state index is 14.5. The molecule has 1 aromatic carbocycles. The number of sulfonamides is 1. The molecule has 0 saturated carbocycles. The van der Waals surface area contributed by atoms with E-state index in [0.29, 0.717) is 35.0 Å². The molecule has 0 amide bonds. The van der Waals surface area contributed by atoms with E-state index in [0.717, 1.165) is 12.1 Å². The molecule has 2 aliphatic rings. The van der Waals surface area contributed by atoms with E-state index in [1.54, 1.807) is 46.3 Å². The van der Waals surface area contributed by atoms with E-state index in [4.69, 9.17) is 0 Å². The highest BCUT2D eigenvalue weighted by molar-refractivity contribution is 7.91. The van der Waals surface area contributed by atoms with Crippen molar-refractivity contribution in [1.82, 2.24) is 8.87 Å². The molecule has 29 heavy (non-hydrogen) atoms. The maximum Gasteiger partial charge on any atom is 0.252 e. The molecule has 0 N–H and O–H groups in total. The van der Waals surface area contributed by atoms with Crippen LogP contribution in [0.5, 0.6) is 0 Å². The van der Waals surface area contributed by atoms with Crippen molar-refractivity contribution in [2.75, 3.05) is 13.1 Å². The van der Waals surface area contributed by atoms with Gasteiger partial charge < -0.3 is 4.57 Å². The van der Waals surface area contributed by atoms with Gasteiger partial charge in [-0.3, -0.25) is 4.79 Å². The monoisotopic (exact) mass is 430 g/mol. The molecule has 5 rings (SSSR count). The van der Waals surface area contributed by atoms with Crippen molar-refractivity contribution in [1.29, 1.82) is 0 Å². The molecule has 3 aromatic rings. The summed E-state index contributed by atoms with van der Waals surface area (Å²) in [4.78, 5) is 12.6. The molecule has 2 bridgehead atoms. The topological polar surface area (TPSA) is 59.4 Å². The van der Waals surface area contributed by atoms with Gasteiger partial charge in [-0.15, -0.1) is 11.3 Å². The van der Waals surface area contributed by atoms with E-state index >= 15 is 0 Å². The van der Waals surface area contributed by atoms with Crippen molar-refractivity contribution in [3.8, 4) is 11.1 Å². The summed E-state index contributed by atoms with van der Waals surface area (Å²) < 4.78 is 44.3. The molecule has 0 aliphatic carbocycles. The minimum Gasteiger partial charge on any atom is -0.311 e. The normalized spacial score (nSPS) is 21.7. The first-order valence-corrected chi connectivity index (χ1v) is 11.8. The quantitative estimate of drug-likeness (QED) is 0.639. The van der Waals surface area contributed by atoms with Crippen molar-refractivity contribution in [2.24, 2.45) is 5.92 Å². The van der Waals surface area contributed by atoms with Crippen LogP contribution in [0.25, 0.3) is 11.1 Å². The van der Waals surface area contributed by atoms with Gasteiger partial charge in [-0.1, -0.05) is 24.3 Å². The molecular weight excluding hydrogens is 411 g/mol. The highest BCUT2D eigenvalue weighted by atomic mass is 32.2. The molecule has 0 spiro atoms. The Morgan fingerprint density at radius 2 is 1.79 bits per heavy atom. The summed E-state index contributed by atoms with van der Waals surface area (Å²) in [6.45, 7) is 1.14. The van der Waals surface area contributed by atoms with Crippen LogP contribution in [0.1, 0.15) is 18.0 Å². The van der Waals surface area contributed by atoms with Crippen molar-refractivity contribution < 1.29 is 12.8 Å². The second-order valence-electron chi connectivity index (χ2n) is 7.61. The molecule has 2 atom stereocenters. The number of pyridine rings is 1. The zero-order valence-corrected chi connectivity index (χ0v) is 17.1. The molecule has 1 fully saturated rings. The molecule has 0 radical (unpaired) electrons. The third kappa shape index (κ3) is 3.06. The standard InChI is InChI=1S/C21H19FN2O3S2/c22-18-5-2-1-4-16(18)17-7-8-19(25)24-12-14-10-15(21(17)24)13-23(11-14)29(26,27)20-6-3-9-28-20/h1-9,14-15H,10-13H2/t14-,15+/m0/s1. The van der Waals surface area contributed by atoms with Gasteiger partial charge in [0.1, 0.15) is 10.0 Å². The molecule has 2 aromatic heterocycles. The number of piperidine rings is 1. The number of fused-ring (bicyclic) bond motifs is 4. The van der Waals surface area contributed by atoms with Gasteiger partial charge in [0.15, 0.2) is 0 Å². The third-order valence-electron chi connectivity index (χ3n) is 5.81. The van der Waals surface area contributed by atoms with Crippen molar-refractivity contribution in [3.63, 3.8) is 0 Å². The molecule has 4 heterocycles. The first-order chi connectivity index (χ1) is 13.9. The Hall–Kier alpha value is -2.29. The fraction of sp³-hybridized carbons (Fsp3) is 0.286. The lowest BCUT2D eigenvalue weighted by Gasteiger charge is -2.42. The van der Waals surface area contributed by atoms with Gasteiger partial charge in [0.05, 0.1) is 0 Å². The molecule has 0 unspecified atom stereocenters. The van der Waals surface area contributed by atoms with Crippen molar-refractivity contribution in [3.05, 3.63) is 75.8 Å². The summed E-state index contributed by atoms with van der Waals surface area (Å²) >= 11 is 1.21. The fourth-order valence-electron chi connectivity index (χ4n) is 4.61. The predicted molar refractivity (Wildman–Crippen MR) is 110 cm³/mol. The number of halogens is 1. The van der Waals surface area contributed by atoms with Crippen LogP contribution in [0.3, 0.4) is 0 Å². The summed E-state index contributed by atoms with van der Waals surface area (Å²) in [7, 11) is -3.57. The smallest absolute Gasteiger partial charge is 0.252 e. The lowest BCUT2D eigenvalue weighted by atomic mass is 9.81. The SMILES string of the molecule is O=c1ccc(-c2ccccc2F)c2n1C[C@H]1C[C@@H]2CN(S(=O)(=O)c2cccs2)C1. The van der Waals surface area contributed by atoms with Gasteiger partial charge in [-0.25, -0.2) is 12.8 Å². The van der Waals surface area contributed by atoms with Gasteiger partial charge in [0.2, 0.25) is 0 Å². The van der Waals surface area contributed by atoms with Crippen LogP contribution in [-0.4, -0.2) is 30.4 Å². The lowest BCUT2D eigenvalue weighted by molar-refractivity contribution is 0.187. The molecular formula is C21H19FN2O3S2. The predicted octanol–water partition coefficient (Wildman–Crippen LogP) is 3.52. The molecule has 2 aliphatic heterocycles. The highest BCUT2D eigenvalue weighted by Crippen LogP contribution is 2.41. The summed E-state index contributed by atoms with van der Waals surface area (Å²) in [6.07, 6.45) is 0.793. The Bertz CT molecular complexity index is 1240. The van der Waals surface area contributed by atoms with Crippen LogP contribution in [0.15, 0.2) is 62.9 Å². The second-order valence-corrected chi connectivity index (χ2v) is 10.7. The Labute approximate surface area is 172 Å². The van der Waals surface area contributed by atoms with Gasteiger partial charge in [0, 0.05) is 48.4 Å². The van der Waals surface area contributed by atoms with E-state index in [9.17, 15) is 17.6 Å². The first-order valence-electron chi connectivity index (χ1n) is 9.47. The summed E-state index contributed by atoms with van der Waals surface area (Å²) in [5.41, 5.74) is 1.73. The maximum atomic E-state index is 14.5. The van der Waals surface area contributed by atoms with Gasteiger partial charge >= 0.3 is 0 Å². The zero-order valence-electron chi connectivity index (χ0n) is 15.5. The second kappa shape index (κ2) is 6.90. The number of thiophene rings is 1. The zero-order chi connectivity index (χ0) is 20.2. The largest absolute Gasteiger partial charge is 0.311 e. The van der Waals surface area contributed by atoms with Crippen LogP contribution in [0, 0.1) is 11.7 Å². The number of hydrogen-bond donors (Lipinski definition) is 0. The summed E-state index contributed by atoms with van der Waals surface area (Å²) in [5, 5.41) is 1.75. The van der Waals surface area contributed by atoms with Gasteiger partial charge in [-0.2, -0.15) is 4.31 Å². The van der Waals surface area contributed by atoms with Crippen molar-refractivity contribution >= 4 is 21.4 Å². The molecule has 5 nitrogen and oxygen atoms in total. The van der Waals surface area contributed by atoms with Crippen LogP contribution in [-0.2, 0) is 16.6 Å². The Kier molecular flexibility index (Phi) is 4.45. The average Bonchev–Trinajstić information content (AvgIpc) is 3.25. The van der Waals surface area contributed by atoms with E-state index in [1.165, 1.54) is 27.8 Å². The van der Waals surface area contributed by atoms with E-state index < -0.39 is 10.0 Å². The molecule has 150 valence electrons. The van der Waals surface area contributed by atoms with E-state index in [2.05, 4.69) is 0 Å². The van der Waals surface area contributed by atoms with E-state index in [1.807, 2.05) is 0 Å².